The van der Waals surface area contributed by atoms with Crippen molar-refractivity contribution in [1.29, 1.82) is 5.26 Å². The molecule has 1 saturated heterocycles. The Morgan fingerprint density at radius 2 is 1.92 bits per heavy atom. The molecule has 8 nitrogen and oxygen atoms in total. The maximum absolute atomic E-state index is 12.0. The fraction of sp³-hybridized carbons (Fsp3) is 0.367. The average molecular weight is 544 g/mol. The summed E-state index contributed by atoms with van der Waals surface area (Å²) in [5.41, 5.74) is 4.91. The highest BCUT2D eigenvalue weighted by molar-refractivity contribution is 7.15. The Morgan fingerprint density at radius 3 is 2.67 bits per heavy atom. The molecule has 0 bridgehead atoms. The van der Waals surface area contributed by atoms with Gasteiger partial charge in [0.15, 0.2) is 0 Å². The van der Waals surface area contributed by atoms with Crippen LogP contribution in [-0.2, 0) is 11.2 Å². The normalized spacial score (nSPS) is 13.9. The Hall–Kier alpha value is -3.87. The summed E-state index contributed by atoms with van der Waals surface area (Å²) in [6, 6.07) is 16.1. The van der Waals surface area contributed by atoms with E-state index < -0.39 is 0 Å². The second-order valence-electron chi connectivity index (χ2n) is 9.68. The summed E-state index contributed by atoms with van der Waals surface area (Å²) in [6.07, 6.45) is 5.39. The quantitative estimate of drug-likeness (QED) is 0.196. The third kappa shape index (κ3) is 6.41. The fourth-order valence-electron chi connectivity index (χ4n) is 4.96. The monoisotopic (exact) mass is 543 g/mol. The number of nitrogens with one attached hydrogen (secondary N) is 1. The van der Waals surface area contributed by atoms with E-state index in [-0.39, 0.29) is 5.97 Å². The van der Waals surface area contributed by atoms with Gasteiger partial charge in [0.1, 0.15) is 10.6 Å². The molecule has 9 heteroatoms. The standard InChI is InChI=1S/C30H33N5O3S/c1-3-37-29(36)28-21(2)33-30(39-28)38-25-10-8-24(9-11-25)35-16-14-34(15-17-35)13-5-4-6-23-20-32-27-12-7-22(19-31)18-26(23)27/h7-12,18,20,32H,3-6,13-17H2,1-2H3. The smallest absolute Gasteiger partial charge is 0.350 e. The second kappa shape index (κ2) is 12.3. The fourth-order valence-corrected chi connectivity index (χ4v) is 5.79. The molecule has 2 aromatic heterocycles. The molecule has 0 atom stereocenters. The van der Waals surface area contributed by atoms with Gasteiger partial charge in [-0.05, 0) is 87.7 Å². The van der Waals surface area contributed by atoms with Crippen LogP contribution in [0.5, 0.6) is 10.9 Å². The van der Waals surface area contributed by atoms with Crippen molar-refractivity contribution in [3.63, 3.8) is 0 Å². The molecule has 0 radical (unpaired) electrons. The molecule has 202 valence electrons. The van der Waals surface area contributed by atoms with E-state index in [0.717, 1.165) is 57.5 Å². The summed E-state index contributed by atoms with van der Waals surface area (Å²) in [4.78, 5) is 25.2. The topological polar surface area (TPSA) is 94.5 Å². The van der Waals surface area contributed by atoms with E-state index in [1.807, 2.05) is 30.3 Å². The Labute approximate surface area is 232 Å². The number of hydrogen-bond donors (Lipinski definition) is 1. The highest BCUT2D eigenvalue weighted by atomic mass is 32.1. The summed E-state index contributed by atoms with van der Waals surface area (Å²) < 4.78 is 11.0. The zero-order valence-corrected chi connectivity index (χ0v) is 23.2. The number of unbranched alkanes of at least 4 members (excludes halogenated alkanes) is 1. The Morgan fingerprint density at radius 1 is 1.13 bits per heavy atom. The van der Waals surface area contributed by atoms with Crippen LogP contribution in [0.15, 0.2) is 48.7 Å². The van der Waals surface area contributed by atoms with Crippen LogP contribution in [0.3, 0.4) is 0 Å². The minimum absolute atomic E-state index is 0.333. The van der Waals surface area contributed by atoms with Gasteiger partial charge in [0.05, 0.1) is 23.9 Å². The molecule has 0 amide bonds. The van der Waals surface area contributed by atoms with Crippen molar-refractivity contribution in [1.82, 2.24) is 14.9 Å². The number of benzene rings is 2. The first-order valence-corrected chi connectivity index (χ1v) is 14.3. The van der Waals surface area contributed by atoms with E-state index in [1.165, 1.54) is 28.0 Å². The highest BCUT2D eigenvalue weighted by Crippen LogP contribution is 2.31. The van der Waals surface area contributed by atoms with Gasteiger partial charge in [0, 0.05) is 49.0 Å². The number of thiazole rings is 1. The van der Waals surface area contributed by atoms with Gasteiger partial charge in [0.2, 0.25) is 0 Å². The molecular weight excluding hydrogens is 510 g/mol. The number of aromatic nitrogens is 2. The van der Waals surface area contributed by atoms with Gasteiger partial charge in [-0.15, -0.1) is 0 Å². The van der Waals surface area contributed by atoms with E-state index in [2.05, 4.69) is 44.2 Å². The van der Waals surface area contributed by atoms with Gasteiger partial charge in [-0.2, -0.15) is 5.26 Å². The number of carbonyl (C=O) groups is 1. The third-order valence-corrected chi connectivity index (χ3v) is 8.10. The lowest BCUT2D eigenvalue weighted by molar-refractivity contribution is 0.0531. The summed E-state index contributed by atoms with van der Waals surface area (Å²) in [7, 11) is 0. The minimum Gasteiger partial charge on any atom is -0.462 e. The van der Waals surface area contributed by atoms with Crippen LogP contribution in [0.1, 0.15) is 46.3 Å². The van der Waals surface area contributed by atoms with E-state index >= 15 is 0 Å². The van der Waals surface area contributed by atoms with Crippen LogP contribution in [0.25, 0.3) is 10.9 Å². The van der Waals surface area contributed by atoms with Crippen LogP contribution in [0.2, 0.25) is 0 Å². The first-order chi connectivity index (χ1) is 19.0. The van der Waals surface area contributed by atoms with Gasteiger partial charge < -0.3 is 19.4 Å². The number of fused-ring (bicyclic) bond motifs is 1. The average Bonchev–Trinajstić information content (AvgIpc) is 3.54. The van der Waals surface area contributed by atoms with Crippen LogP contribution in [0, 0.1) is 18.3 Å². The maximum Gasteiger partial charge on any atom is 0.350 e. The molecule has 39 heavy (non-hydrogen) atoms. The SMILES string of the molecule is CCOC(=O)c1sc(Oc2ccc(N3CCN(CCCCc4c[nH]c5ccc(C#N)cc45)CC3)cc2)nc1C. The van der Waals surface area contributed by atoms with Crippen LogP contribution >= 0.6 is 11.3 Å². The summed E-state index contributed by atoms with van der Waals surface area (Å²) in [5.74, 6) is 0.335. The molecular formula is C30H33N5O3S. The lowest BCUT2D eigenvalue weighted by Gasteiger charge is -2.36. The molecule has 0 aliphatic carbocycles. The molecule has 1 aliphatic heterocycles. The lowest BCUT2D eigenvalue weighted by atomic mass is 10.1. The number of aromatic amines is 1. The molecule has 0 unspecified atom stereocenters. The van der Waals surface area contributed by atoms with Gasteiger partial charge >= 0.3 is 5.97 Å². The number of nitriles is 1. The van der Waals surface area contributed by atoms with Gasteiger partial charge in [-0.1, -0.05) is 11.3 Å². The maximum atomic E-state index is 12.0. The van der Waals surface area contributed by atoms with Crippen molar-refractivity contribution in [3.8, 4) is 17.0 Å². The van der Waals surface area contributed by atoms with Crippen molar-refractivity contribution in [3.05, 3.63) is 70.4 Å². The first-order valence-electron chi connectivity index (χ1n) is 13.4. The molecule has 5 rings (SSSR count). The number of hydrogen-bond acceptors (Lipinski definition) is 8. The van der Waals surface area contributed by atoms with Crippen molar-refractivity contribution in [2.24, 2.45) is 0 Å². The van der Waals surface area contributed by atoms with Gasteiger partial charge in [-0.25, -0.2) is 9.78 Å². The van der Waals surface area contributed by atoms with Crippen molar-refractivity contribution < 1.29 is 14.3 Å². The van der Waals surface area contributed by atoms with E-state index in [4.69, 9.17) is 9.47 Å². The summed E-state index contributed by atoms with van der Waals surface area (Å²) in [6.45, 7) is 9.09. The zero-order chi connectivity index (χ0) is 27.2. The largest absolute Gasteiger partial charge is 0.462 e. The number of piperazine rings is 1. The number of carbonyl (C=O) groups excluding carboxylic acids is 1. The van der Waals surface area contributed by atoms with E-state index in [9.17, 15) is 10.1 Å². The van der Waals surface area contributed by atoms with Crippen molar-refractivity contribution in [2.45, 2.75) is 33.1 Å². The number of H-pyrrole nitrogens is 1. The van der Waals surface area contributed by atoms with Crippen molar-refractivity contribution >= 4 is 33.9 Å². The second-order valence-corrected chi connectivity index (χ2v) is 10.6. The van der Waals surface area contributed by atoms with E-state index in [0.29, 0.717) is 33.7 Å². The Bertz CT molecular complexity index is 1460. The van der Waals surface area contributed by atoms with Crippen molar-refractivity contribution in [2.75, 3.05) is 44.2 Å². The van der Waals surface area contributed by atoms with Gasteiger partial charge in [-0.3, -0.25) is 4.90 Å². The molecule has 4 aromatic rings. The number of esters is 1. The highest BCUT2D eigenvalue weighted by Gasteiger charge is 2.19. The lowest BCUT2D eigenvalue weighted by Crippen LogP contribution is -2.46. The van der Waals surface area contributed by atoms with E-state index in [1.54, 1.807) is 13.8 Å². The Balaban J connectivity index is 1.06. The van der Waals surface area contributed by atoms with Crippen LogP contribution in [0.4, 0.5) is 5.69 Å². The van der Waals surface area contributed by atoms with Gasteiger partial charge in [0.25, 0.3) is 5.19 Å². The molecule has 1 fully saturated rings. The molecule has 3 heterocycles. The number of aryl methyl sites for hydroxylation is 2. The summed E-state index contributed by atoms with van der Waals surface area (Å²) in [5, 5.41) is 10.8. The summed E-state index contributed by atoms with van der Waals surface area (Å²) >= 11 is 1.21. The molecule has 1 aliphatic rings. The minimum atomic E-state index is -0.360. The zero-order valence-electron chi connectivity index (χ0n) is 22.4. The first kappa shape index (κ1) is 26.7. The number of nitrogens with zero attached hydrogens (tertiary/aromatic N) is 4. The Kier molecular flexibility index (Phi) is 8.45. The molecule has 1 N–H and O–H groups in total. The molecule has 0 spiro atoms. The van der Waals surface area contributed by atoms with Crippen LogP contribution in [-0.4, -0.2) is 60.2 Å². The number of ether oxygens (including phenoxy) is 2. The van der Waals surface area contributed by atoms with Crippen LogP contribution < -0.4 is 9.64 Å². The number of anilines is 1. The predicted molar refractivity (Wildman–Crippen MR) is 154 cm³/mol. The predicted octanol–water partition coefficient (Wildman–Crippen LogP) is 5.92. The molecule has 2 aromatic carbocycles. The molecule has 0 saturated carbocycles. The number of rotatable bonds is 10. The third-order valence-electron chi connectivity index (χ3n) is 7.08.